The molecule has 0 aliphatic rings. The number of anilines is 2. The Hall–Kier alpha value is -1.96. The van der Waals surface area contributed by atoms with Crippen LogP contribution in [0.15, 0.2) is 0 Å². The van der Waals surface area contributed by atoms with Crippen molar-refractivity contribution in [3.8, 4) is 0 Å². The molecule has 8 nitrogen and oxygen atoms in total. The van der Waals surface area contributed by atoms with Gasteiger partial charge in [-0.2, -0.15) is 4.98 Å². The minimum Gasteiger partial charge on any atom is -0.361 e. The summed E-state index contributed by atoms with van der Waals surface area (Å²) in [5.41, 5.74) is 2.49. The van der Waals surface area contributed by atoms with Gasteiger partial charge in [-0.05, 0) is 19.8 Å². The van der Waals surface area contributed by atoms with Gasteiger partial charge in [0.05, 0.1) is 4.92 Å². The van der Waals surface area contributed by atoms with Crippen molar-refractivity contribution in [2.24, 2.45) is 11.8 Å². The lowest BCUT2D eigenvalue weighted by Gasteiger charge is -2.23. The highest BCUT2D eigenvalue weighted by molar-refractivity contribution is 5.61. The molecule has 1 aromatic rings. The first-order valence-corrected chi connectivity index (χ1v) is 6.70. The van der Waals surface area contributed by atoms with Gasteiger partial charge in [0.15, 0.2) is 0 Å². The second-order valence-corrected chi connectivity index (χ2v) is 4.74. The van der Waals surface area contributed by atoms with Gasteiger partial charge in [-0.15, -0.1) is 0 Å². The zero-order valence-electron chi connectivity index (χ0n) is 12.3. The summed E-state index contributed by atoms with van der Waals surface area (Å²) in [5.74, 6) is 6.06. The number of nitrogens with two attached hydrogens (primary N) is 1. The molecule has 1 heterocycles. The fourth-order valence-electron chi connectivity index (χ4n) is 2.28. The molecular weight excluding hydrogens is 260 g/mol. The van der Waals surface area contributed by atoms with Gasteiger partial charge in [-0.25, -0.2) is 10.8 Å². The Morgan fingerprint density at radius 1 is 1.35 bits per heavy atom. The molecule has 0 bridgehead atoms. The van der Waals surface area contributed by atoms with Gasteiger partial charge in [0.1, 0.15) is 5.69 Å². The summed E-state index contributed by atoms with van der Waals surface area (Å²) in [6.45, 7) is 7.75. The van der Waals surface area contributed by atoms with Crippen LogP contribution in [0.25, 0.3) is 0 Å². The summed E-state index contributed by atoms with van der Waals surface area (Å²) >= 11 is 0. The number of nitrogen functional groups attached to an aromatic ring is 1. The zero-order chi connectivity index (χ0) is 15.3. The van der Waals surface area contributed by atoms with Crippen LogP contribution in [-0.4, -0.2) is 20.9 Å². The maximum atomic E-state index is 11.2. The smallest absolute Gasteiger partial charge is 0.332 e. The second kappa shape index (κ2) is 6.99. The highest BCUT2D eigenvalue weighted by atomic mass is 16.6. The molecule has 0 aromatic carbocycles. The van der Waals surface area contributed by atoms with Crippen molar-refractivity contribution in [2.75, 3.05) is 10.7 Å². The summed E-state index contributed by atoms with van der Waals surface area (Å²) < 4.78 is 0. The molecule has 0 saturated carbocycles. The molecule has 0 aliphatic heterocycles. The van der Waals surface area contributed by atoms with Crippen molar-refractivity contribution in [1.29, 1.82) is 0 Å². The monoisotopic (exact) mass is 282 g/mol. The lowest BCUT2D eigenvalue weighted by molar-refractivity contribution is -0.385. The summed E-state index contributed by atoms with van der Waals surface area (Å²) in [4.78, 5) is 18.7. The number of hydrazine groups is 1. The highest BCUT2D eigenvalue weighted by Gasteiger charge is 2.24. The maximum Gasteiger partial charge on any atom is 0.332 e. The number of aromatic nitrogens is 2. The molecule has 8 heteroatoms. The predicted molar refractivity (Wildman–Crippen MR) is 78.4 cm³/mol. The topological polar surface area (TPSA) is 119 Å². The van der Waals surface area contributed by atoms with Gasteiger partial charge in [-0.3, -0.25) is 15.5 Å². The van der Waals surface area contributed by atoms with Crippen LogP contribution in [0.5, 0.6) is 0 Å². The van der Waals surface area contributed by atoms with Crippen molar-refractivity contribution >= 4 is 17.5 Å². The Morgan fingerprint density at radius 2 is 1.95 bits per heavy atom. The Morgan fingerprint density at radius 3 is 2.40 bits per heavy atom. The highest BCUT2D eigenvalue weighted by Crippen LogP contribution is 2.28. The average molecular weight is 282 g/mol. The van der Waals surface area contributed by atoms with E-state index in [1.54, 1.807) is 6.92 Å². The van der Waals surface area contributed by atoms with E-state index in [2.05, 4.69) is 34.6 Å². The van der Waals surface area contributed by atoms with Gasteiger partial charge in [0.25, 0.3) is 0 Å². The van der Waals surface area contributed by atoms with E-state index in [1.807, 2.05) is 6.92 Å². The molecule has 0 radical (unpaired) electrons. The Labute approximate surface area is 118 Å². The molecule has 1 unspecified atom stereocenters. The van der Waals surface area contributed by atoms with E-state index in [4.69, 9.17) is 5.84 Å². The van der Waals surface area contributed by atoms with Crippen LogP contribution in [-0.2, 0) is 0 Å². The van der Waals surface area contributed by atoms with E-state index in [0.717, 1.165) is 12.8 Å². The van der Waals surface area contributed by atoms with Crippen LogP contribution < -0.4 is 16.6 Å². The Balaban J connectivity index is 3.14. The van der Waals surface area contributed by atoms with Gasteiger partial charge < -0.3 is 5.32 Å². The lowest BCUT2D eigenvalue weighted by atomic mass is 9.95. The first kappa shape index (κ1) is 16.1. The molecule has 112 valence electrons. The van der Waals surface area contributed by atoms with Gasteiger partial charge in [0, 0.05) is 6.04 Å². The molecule has 0 aliphatic carbocycles. The molecule has 20 heavy (non-hydrogen) atoms. The van der Waals surface area contributed by atoms with E-state index in [1.165, 1.54) is 0 Å². The molecule has 0 saturated heterocycles. The SMILES string of the molecule is CCC(CC)C(C)Nc1nc(NN)nc(C)c1[N+](=O)[O-]. The minimum atomic E-state index is -0.475. The lowest BCUT2D eigenvalue weighted by Crippen LogP contribution is -2.26. The van der Waals surface area contributed by atoms with E-state index >= 15 is 0 Å². The third kappa shape index (κ3) is 3.53. The molecule has 1 atom stereocenters. The minimum absolute atomic E-state index is 0.0728. The van der Waals surface area contributed by atoms with Crippen molar-refractivity contribution in [3.05, 3.63) is 15.8 Å². The van der Waals surface area contributed by atoms with Crippen LogP contribution in [0.4, 0.5) is 17.5 Å². The summed E-state index contributed by atoms with van der Waals surface area (Å²) in [7, 11) is 0. The van der Waals surface area contributed by atoms with Gasteiger partial charge in [-0.1, -0.05) is 26.7 Å². The summed E-state index contributed by atoms with van der Waals surface area (Å²) in [6.07, 6.45) is 1.98. The molecule has 1 aromatic heterocycles. The Kier molecular flexibility index (Phi) is 5.63. The first-order chi connectivity index (χ1) is 9.44. The van der Waals surface area contributed by atoms with Gasteiger partial charge in [0.2, 0.25) is 11.8 Å². The number of nitrogens with zero attached hydrogens (tertiary/aromatic N) is 3. The van der Waals surface area contributed by atoms with Crippen molar-refractivity contribution < 1.29 is 4.92 Å². The number of rotatable bonds is 7. The molecule has 0 amide bonds. The molecule has 0 spiro atoms. The second-order valence-electron chi connectivity index (χ2n) is 4.74. The number of nitro groups is 1. The fraction of sp³-hybridized carbons (Fsp3) is 0.667. The maximum absolute atomic E-state index is 11.2. The van der Waals surface area contributed by atoms with Crippen molar-refractivity contribution in [1.82, 2.24) is 9.97 Å². The molecule has 1 rings (SSSR count). The third-order valence-corrected chi connectivity index (χ3v) is 3.49. The van der Waals surface area contributed by atoms with Crippen molar-refractivity contribution in [3.63, 3.8) is 0 Å². The summed E-state index contributed by atoms with van der Waals surface area (Å²) in [6, 6.07) is 0.0728. The van der Waals surface area contributed by atoms with Crippen LogP contribution in [0.3, 0.4) is 0 Å². The zero-order valence-corrected chi connectivity index (χ0v) is 12.3. The predicted octanol–water partition coefficient (Wildman–Crippen LogP) is 2.22. The largest absolute Gasteiger partial charge is 0.361 e. The van der Waals surface area contributed by atoms with Crippen LogP contribution in [0.2, 0.25) is 0 Å². The number of hydrogen-bond donors (Lipinski definition) is 3. The van der Waals surface area contributed by atoms with Crippen LogP contribution in [0, 0.1) is 23.0 Å². The number of hydrogen-bond acceptors (Lipinski definition) is 7. The fourth-order valence-corrected chi connectivity index (χ4v) is 2.28. The van der Waals surface area contributed by atoms with E-state index in [9.17, 15) is 10.1 Å². The van der Waals surface area contributed by atoms with Crippen LogP contribution >= 0.6 is 0 Å². The average Bonchev–Trinajstić information content (AvgIpc) is 2.38. The normalized spacial score (nSPS) is 12.3. The summed E-state index contributed by atoms with van der Waals surface area (Å²) in [5, 5.41) is 14.3. The van der Waals surface area contributed by atoms with Gasteiger partial charge >= 0.3 is 5.69 Å². The molecule has 4 N–H and O–H groups in total. The number of nitrogens with one attached hydrogen (secondary N) is 2. The number of aryl methyl sites for hydroxylation is 1. The van der Waals surface area contributed by atoms with E-state index < -0.39 is 4.92 Å². The van der Waals surface area contributed by atoms with E-state index in [-0.39, 0.29) is 29.2 Å². The van der Waals surface area contributed by atoms with Crippen LogP contribution in [0.1, 0.15) is 39.3 Å². The quantitative estimate of drug-likeness (QED) is 0.398. The first-order valence-electron chi connectivity index (χ1n) is 6.70. The molecule has 0 fully saturated rings. The Bertz CT molecular complexity index is 475. The third-order valence-electron chi connectivity index (χ3n) is 3.49. The molecular formula is C12H22N6O2. The van der Waals surface area contributed by atoms with Crippen molar-refractivity contribution in [2.45, 2.75) is 46.6 Å². The van der Waals surface area contributed by atoms with E-state index in [0.29, 0.717) is 5.92 Å². The standard InChI is InChI=1S/C12H22N6O2/c1-5-9(6-2)7(3)14-11-10(18(19)20)8(4)15-12(16-11)17-13/h7,9H,5-6,13H2,1-4H3,(H2,14,15,16,17).